The van der Waals surface area contributed by atoms with Gasteiger partial charge >= 0.3 is 0 Å². The van der Waals surface area contributed by atoms with Gasteiger partial charge in [0.15, 0.2) is 5.82 Å². The number of carbonyl (C=O) groups excluding carboxylic acids is 2. The van der Waals surface area contributed by atoms with Crippen LogP contribution in [0.5, 0.6) is 0 Å². The van der Waals surface area contributed by atoms with Gasteiger partial charge in [-0.1, -0.05) is 44.2 Å². The molecule has 150 valence electrons. The maximum atomic E-state index is 12.5. The highest BCUT2D eigenvalue weighted by Crippen LogP contribution is 2.25. The average Bonchev–Trinajstić information content (AvgIpc) is 3.11. The maximum absolute atomic E-state index is 12.5. The van der Waals surface area contributed by atoms with Crippen molar-refractivity contribution in [3.63, 3.8) is 0 Å². The molecule has 0 unspecified atom stereocenters. The van der Waals surface area contributed by atoms with E-state index in [-0.39, 0.29) is 30.2 Å². The molecule has 1 aromatic carbocycles. The van der Waals surface area contributed by atoms with E-state index in [1.54, 1.807) is 4.90 Å². The molecular formula is C21H29N5O2. The van der Waals surface area contributed by atoms with Crippen LogP contribution in [0.2, 0.25) is 0 Å². The summed E-state index contributed by atoms with van der Waals surface area (Å²) in [7, 11) is 0. The van der Waals surface area contributed by atoms with Gasteiger partial charge in [-0.2, -0.15) is 5.10 Å². The largest absolute Gasteiger partial charge is 0.346 e. The van der Waals surface area contributed by atoms with Gasteiger partial charge in [-0.25, -0.2) is 9.67 Å². The maximum Gasteiger partial charge on any atom is 0.222 e. The predicted octanol–water partition coefficient (Wildman–Crippen LogP) is 2.79. The van der Waals surface area contributed by atoms with E-state index in [0.717, 1.165) is 36.6 Å². The molecule has 0 radical (unpaired) electrons. The summed E-state index contributed by atoms with van der Waals surface area (Å²) in [6.45, 7) is 7.43. The molecule has 1 aromatic heterocycles. The molecule has 0 bridgehead atoms. The lowest BCUT2D eigenvalue weighted by atomic mass is 10.1. The molecule has 1 atom stereocenters. The Hall–Kier alpha value is -2.70. The van der Waals surface area contributed by atoms with Crippen LogP contribution < -0.4 is 5.32 Å². The van der Waals surface area contributed by atoms with E-state index in [1.807, 2.05) is 35.0 Å². The summed E-state index contributed by atoms with van der Waals surface area (Å²) in [6, 6.07) is 9.70. The third-order valence-corrected chi connectivity index (χ3v) is 5.01. The van der Waals surface area contributed by atoms with Crippen LogP contribution in [-0.2, 0) is 22.7 Å². The molecule has 0 saturated heterocycles. The van der Waals surface area contributed by atoms with Crippen molar-refractivity contribution in [1.82, 2.24) is 25.0 Å². The van der Waals surface area contributed by atoms with Gasteiger partial charge in [0.05, 0.1) is 6.04 Å². The Bertz CT molecular complexity index is 815. The highest BCUT2D eigenvalue weighted by molar-refractivity contribution is 5.78. The summed E-state index contributed by atoms with van der Waals surface area (Å²) in [5.41, 5.74) is 1.06. The number of amides is 2. The quantitative estimate of drug-likeness (QED) is 0.797. The molecule has 7 heteroatoms. The van der Waals surface area contributed by atoms with E-state index in [0.29, 0.717) is 13.1 Å². The number of aromatic nitrogens is 3. The molecule has 2 heterocycles. The van der Waals surface area contributed by atoms with E-state index in [9.17, 15) is 9.59 Å². The SMILES string of the molecule is CC(=O)N(CCC(=O)N[C@H]1CCCn2nc(C(C)C)nc21)Cc1ccccc1. The minimum atomic E-state index is -0.110. The number of rotatable bonds is 7. The number of fused-ring (bicyclic) bond motifs is 1. The predicted molar refractivity (Wildman–Crippen MR) is 106 cm³/mol. The Morgan fingerprint density at radius 2 is 2.04 bits per heavy atom. The number of hydrogen-bond acceptors (Lipinski definition) is 4. The molecule has 0 spiro atoms. The molecule has 28 heavy (non-hydrogen) atoms. The van der Waals surface area contributed by atoms with Crippen LogP contribution in [0.1, 0.15) is 69.2 Å². The van der Waals surface area contributed by atoms with Crippen LogP contribution in [-0.4, -0.2) is 38.0 Å². The summed E-state index contributed by atoms with van der Waals surface area (Å²) >= 11 is 0. The van der Waals surface area contributed by atoms with Crippen molar-refractivity contribution in [1.29, 1.82) is 0 Å². The van der Waals surface area contributed by atoms with Gasteiger partial charge in [0, 0.05) is 38.9 Å². The molecule has 1 aliphatic rings. The summed E-state index contributed by atoms with van der Waals surface area (Å²) in [6.07, 6.45) is 2.10. The topological polar surface area (TPSA) is 80.1 Å². The lowest BCUT2D eigenvalue weighted by Gasteiger charge is -2.24. The van der Waals surface area contributed by atoms with Crippen LogP contribution in [0.3, 0.4) is 0 Å². The standard InChI is InChI=1S/C21H29N5O2/c1-15(2)20-23-21-18(10-7-12-26(21)24-20)22-19(28)11-13-25(16(3)27)14-17-8-5-4-6-9-17/h4-6,8-9,15,18H,7,10-14H2,1-3H3,(H,22,28)/t18-/m0/s1. The minimum Gasteiger partial charge on any atom is -0.346 e. The molecule has 0 aliphatic carbocycles. The second-order valence-corrected chi connectivity index (χ2v) is 7.64. The van der Waals surface area contributed by atoms with E-state index >= 15 is 0 Å². The van der Waals surface area contributed by atoms with Crippen molar-refractivity contribution in [2.45, 2.75) is 65.1 Å². The zero-order chi connectivity index (χ0) is 20.1. The van der Waals surface area contributed by atoms with Gasteiger partial charge in [-0.05, 0) is 18.4 Å². The normalized spacial score (nSPS) is 15.9. The number of benzene rings is 1. The van der Waals surface area contributed by atoms with E-state index in [1.165, 1.54) is 6.92 Å². The van der Waals surface area contributed by atoms with E-state index in [2.05, 4.69) is 29.2 Å². The van der Waals surface area contributed by atoms with Crippen LogP contribution in [0.4, 0.5) is 0 Å². The Balaban J connectivity index is 1.57. The Morgan fingerprint density at radius 1 is 1.29 bits per heavy atom. The molecule has 7 nitrogen and oxygen atoms in total. The van der Waals surface area contributed by atoms with E-state index < -0.39 is 0 Å². The Labute approximate surface area is 166 Å². The molecular weight excluding hydrogens is 354 g/mol. The first-order valence-electron chi connectivity index (χ1n) is 9.97. The monoisotopic (exact) mass is 383 g/mol. The second-order valence-electron chi connectivity index (χ2n) is 7.64. The first kappa shape index (κ1) is 20.0. The van der Waals surface area contributed by atoms with Gasteiger partial charge in [0.1, 0.15) is 5.82 Å². The summed E-state index contributed by atoms with van der Waals surface area (Å²) in [5.74, 6) is 1.83. The highest BCUT2D eigenvalue weighted by atomic mass is 16.2. The Kier molecular flexibility index (Phi) is 6.44. The molecule has 1 N–H and O–H groups in total. The Morgan fingerprint density at radius 3 is 2.71 bits per heavy atom. The minimum absolute atomic E-state index is 0.0318. The third kappa shape index (κ3) is 4.97. The van der Waals surface area contributed by atoms with Gasteiger partial charge in [-0.15, -0.1) is 0 Å². The van der Waals surface area contributed by atoms with Gasteiger partial charge < -0.3 is 10.2 Å². The van der Waals surface area contributed by atoms with Gasteiger partial charge in [0.2, 0.25) is 11.8 Å². The van der Waals surface area contributed by atoms with Crippen LogP contribution in [0.25, 0.3) is 0 Å². The molecule has 3 rings (SSSR count). The first-order valence-corrected chi connectivity index (χ1v) is 9.97. The smallest absolute Gasteiger partial charge is 0.222 e. The van der Waals surface area contributed by atoms with Crippen molar-refractivity contribution < 1.29 is 9.59 Å². The zero-order valence-corrected chi connectivity index (χ0v) is 16.9. The highest BCUT2D eigenvalue weighted by Gasteiger charge is 2.26. The van der Waals surface area contributed by atoms with Crippen LogP contribution in [0, 0.1) is 0 Å². The van der Waals surface area contributed by atoms with Gasteiger partial charge in [0.25, 0.3) is 0 Å². The fourth-order valence-corrected chi connectivity index (χ4v) is 3.40. The zero-order valence-electron chi connectivity index (χ0n) is 16.9. The van der Waals surface area contributed by atoms with Crippen molar-refractivity contribution >= 4 is 11.8 Å². The summed E-state index contributed by atoms with van der Waals surface area (Å²) in [4.78, 5) is 30.8. The number of nitrogens with one attached hydrogen (secondary N) is 1. The molecule has 2 amide bonds. The third-order valence-electron chi connectivity index (χ3n) is 5.01. The van der Waals surface area contributed by atoms with E-state index in [4.69, 9.17) is 0 Å². The fourth-order valence-electron chi connectivity index (χ4n) is 3.40. The first-order chi connectivity index (χ1) is 13.4. The lowest BCUT2D eigenvalue weighted by molar-refractivity contribution is -0.130. The van der Waals surface area contributed by atoms with Crippen molar-refractivity contribution in [2.24, 2.45) is 0 Å². The molecule has 1 aliphatic heterocycles. The fraction of sp³-hybridized carbons (Fsp3) is 0.524. The van der Waals surface area contributed by atoms with Crippen LogP contribution in [0.15, 0.2) is 30.3 Å². The second kappa shape index (κ2) is 8.99. The summed E-state index contributed by atoms with van der Waals surface area (Å²) < 4.78 is 1.92. The molecule has 2 aromatic rings. The van der Waals surface area contributed by atoms with Crippen molar-refractivity contribution in [3.8, 4) is 0 Å². The molecule has 0 saturated carbocycles. The van der Waals surface area contributed by atoms with Crippen molar-refractivity contribution in [2.75, 3.05) is 6.54 Å². The van der Waals surface area contributed by atoms with Crippen LogP contribution >= 0.6 is 0 Å². The number of nitrogens with zero attached hydrogens (tertiary/aromatic N) is 4. The lowest BCUT2D eigenvalue weighted by Crippen LogP contribution is -2.36. The number of carbonyl (C=O) groups is 2. The average molecular weight is 383 g/mol. The van der Waals surface area contributed by atoms with Crippen molar-refractivity contribution in [3.05, 3.63) is 47.5 Å². The number of aryl methyl sites for hydroxylation is 1. The number of hydrogen-bond donors (Lipinski definition) is 1. The molecule has 0 fully saturated rings. The summed E-state index contributed by atoms with van der Waals surface area (Å²) in [5, 5.41) is 7.64. The van der Waals surface area contributed by atoms with Gasteiger partial charge in [-0.3, -0.25) is 9.59 Å².